The van der Waals surface area contributed by atoms with Gasteiger partial charge in [0.1, 0.15) is 11.8 Å². The van der Waals surface area contributed by atoms with Crippen LogP contribution in [0.2, 0.25) is 0 Å². The van der Waals surface area contributed by atoms with Crippen LogP contribution in [0.3, 0.4) is 0 Å². The molecule has 1 aliphatic rings. The van der Waals surface area contributed by atoms with Crippen molar-refractivity contribution in [3.05, 3.63) is 58.7 Å². The summed E-state index contributed by atoms with van der Waals surface area (Å²) in [6, 6.07) is 11.1. The average molecular weight is 366 g/mol. The number of aryl methyl sites for hydroxylation is 2. The molecule has 0 aromatic heterocycles. The van der Waals surface area contributed by atoms with Crippen LogP contribution in [0, 0.1) is 13.8 Å². The van der Waals surface area contributed by atoms with E-state index in [1.807, 2.05) is 64.1 Å². The average Bonchev–Trinajstić information content (AvgIpc) is 2.86. The summed E-state index contributed by atoms with van der Waals surface area (Å²) in [6.45, 7) is 9.76. The van der Waals surface area contributed by atoms with Gasteiger partial charge in [-0.1, -0.05) is 30.3 Å². The Bertz CT molecular complexity index is 889. The maximum atomic E-state index is 13.2. The first-order valence-corrected chi connectivity index (χ1v) is 9.22. The number of para-hydroxylation sites is 1. The van der Waals surface area contributed by atoms with E-state index in [0.29, 0.717) is 6.54 Å². The number of rotatable bonds is 5. The van der Waals surface area contributed by atoms with E-state index in [9.17, 15) is 9.59 Å². The summed E-state index contributed by atoms with van der Waals surface area (Å²) < 4.78 is 5.92. The lowest BCUT2D eigenvalue weighted by atomic mass is 9.99. The molecule has 1 N–H and O–H groups in total. The third kappa shape index (κ3) is 3.68. The Kier molecular flexibility index (Phi) is 5.22. The van der Waals surface area contributed by atoms with E-state index in [-0.39, 0.29) is 17.9 Å². The maximum Gasteiger partial charge on any atom is 0.254 e. The van der Waals surface area contributed by atoms with Gasteiger partial charge in [0.25, 0.3) is 5.91 Å². The Morgan fingerprint density at radius 1 is 1.15 bits per heavy atom. The Balaban J connectivity index is 2.04. The van der Waals surface area contributed by atoms with Gasteiger partial charge in [-0.25, -0.2) is 0 Å². The molecule has 0 radical (unpaired) electrons. The van der Waals surface area contributed by atoms with Gasteiger partial charge < -0.3 is 15.0 Å². The van der Waals surface area contributed by atoms with Crippen LogP contribution in [-0.4, -0.2) is 17.9 Å². The predicted octanol–water partition coefficient (Wildman–Crippen LogP) is 3.81. The fraction of sp³-hybridized carbons (Fsp3) is 0.364. The first kappa shape index (κ1) is 19.0. The van der Waals surface area contributed by atoms with E-state index < -0.39 is 6.04 Å². The van der Waals surface area contributed by atoms with Crippen molar-refractivity contribution in [3.63, 3.8) is 0 Å². The molecule has 0 bridgehead atoms. The van der Waals surface area contributed by atoms with Crippen LogP contribution in [0.4, 0.5) is 5.69 Å². The standard InChI is InChI=1S/C22H26N2O3/c1-13(2)27-18-9-7-6-8-17(18)12-24-21-15(4)11-10-14(3)19(21)20(22(24)26)23-16(5)25/h6-11,13,20H,12H2,1-5H3,(H,23,25). The summed E-state index contributed by atoms with van der Waals surface area (Å²) in [5, 5.41) is 2.82. The van der Waals surface area contributed by atoms with E-state index in [4.69, 9.17) is 4.74 Å². The number of benzene rings is 2. The van der Waals surface area contributed by atoms with Crippen LogP contribution < -0.4 is 15.0 Å². The van der Waals surface area contributed by atoms with Gasteiger partial charge in [0.05, 0.1) is 18.3 Å². The predicted molar refractivity (Wildman–Crippen MR) is 106 cm³/mol. The van der Waals surface area contributed by atoms with Gasteiger partial charge in [-0.05, 0) is 44.9 Å². The number of nitrogens with zero attached hydrogens (tertiary/aromatic N) is 1. The molecule has 2 amide bonds. The van der Waals surface area contributed by atoms with Gasteiger partial charge >= 0.3 is 0 Å². The molecule has 27 heavy (non-hydrogen) atoms. The Hall–Kier alpha value is -2.82. The number of fused-ring (bicyclic) bond motifs is 1. The molecule has 0 spiro atoms. The largest absolute Gasteiger partial charge is 0.491 e. The molecular weight excluding hydrogens is 340 g/mol. The minimum absolute atomic E-state index is 0.0452. The summed E-state index contributed by atoms with van der Waals surface area (Å²) in [7, 11) is 0. The molecule has 5 nitrogen and oxygen atoms in total. The second-order valence-electron chi connectivity index (χ2n) is 7.29. The van der Waals surface area contributed by atoms with Gasteiger partial charge in [0.2, 0.25) is 5.91 Å². The fourth-order valence-corrected chi connectivity index (χ4v) is 3.60. The van der Waals surface area contributed by atoms with Crippen molar-refractivity contribution >= 4 is 17.5 Å². The summed E-state index contributed by atoms with van der Waals surface area (Å²) in [5.41, 5.74) is 4.72. The molecule has 1 unspecified atom stereocenters. The monoisotopic (exact) mass is 366 g/mol. The van der Waals surface area contributed by atoms with Crippen molar-refractivity contribution in [2.75, 3.05) is 4.90 Å². The van der Waals surface area contributed by atoms with Crippen molar-refractivity contribution in [1.82, 2.24) is 5.32 Å². The number of hydrogen-bond donors (Lipinski definition) is 1. The number of ether oxygens (including phenoxy) is 1. The van der Waals surface area contributed by atoms with Gasteiger partial charge in [0.15, 0.2) is 0 Å². The minimum Gasteiger partial charge on any atom is -0.491 e. The van der Waals surface area contributed by atoms with Crippen LogP contribution in [0.5, 0.6) is 5.75 Å². The minimum atomic E-state index is -0.643. The number of amides is 2. The van der Waals surface area contributed by atoms with Gasteiger partial charge in [-0.2, -0.15) is 0 Å². The highest BCUT2D eigenvalue weighted by atomic mass is 16.5. The second kappa shape index (κ2) is 7.43. The third-order valence-electron chi connectivity index (χ3n) is 4.72. The summed E-state index contributed by atoms with van der Waals surface area (Å²) in [5.74, 6) is 0.442. The van der Waals surface area contributed by atoms with Gasteiger partial charge in [-0.3, -0.25) is 9.59 Å². The lowest BCUT2D eigenvalue weighted by Crippen LogP contribution is -2.36. The first-order valence-electron chi connectivity index (χ1n) is 9.22. The van der Waals surface area contributed by atoms with Crippen LogP contribution in [0.1, 0.15) is 49.1 Å². The molecule has 2 aromatic carbocycles. The highest BCUT2D eigenvalue weighted by molar-refractivity contribution is 6.07. The van der Waals surface area contributed by atoms with Crippen molar-refractivity contribution in [2.24, 2.45) is 0 Å². The molecule has 0 aliphatic carbocycles. The Morgan fingerprint density at radius 3 is 2.48 bits per heavy atom. The Labute approximate surface area is 160 Å². The number of carbonyl (C=O) groups excluding carboxylic acids is 2. The highest BCUT2D eigenvalue weighted by Gasteiger charge is 2.40. The zero-order valence-electron chi connectivity index (χ0n) is 16.5. The highest BCUT2D eigenvalue weighted by Crippen LogP contribution is 2.42. The van der Waals surface area contributed by atoms with Crippen LogP contribution in [0.15, 0.2) is 36.4 Å². The smallest absolute Gasteiger partial charge is 0.254 e. The molecule has 1 heterocycles. The second-order valence-corrected chi connectivity index (χ2v) is 7.29. The lowest BCUT2D eigenvalue weighted by molar-refractivity contribution is -0.126. The number of anilines is 1. The van der Waals surface area contributed by atoms with E-state index in [0.717, 1.165) is 33.7 Å². The van der Waals surface area contributed by atoms with Crippen molar-refractivity contribution in [1.29, 1.82) is 0 Å². The molecule has 5 heteroatoms. The zero-order chi connectivity index (χ0) is 19.7. The first-order chi connectivity index (χ1) is 12.8. The molecule has 0 saturated carbocycles. The topological polar surface area (TPSA) is 58.6 Å². The van der Waals surface area contributed by atoms with E-state index >= 15 is 0 Å². The number of hydrogen-bond acceptors (Lipinski definition) is 3. The molecule has 1 atom stereocenters. The van der Waals surface area contributed by atoms with Crippen molar-refractivity contribution in [2.45, 2.75) is 53.3 Å². The third-order valence-corrected chi connectivity index (χ3v) is 4.72. The molecule has 142 valence electrons. The van der Waals surface area contributed by atoms with Gasteiger partial charge in [-0.15, -0.1) is 0 Å². The van der Waals surface area contributed by atoms with Crippen LogP contribution >= 0.6 is 0 Å². The Morgan fingerprint density at radius 2 is 1.81 bits per heavy atom. The lowest BCUT2D eigenvalue weighted by Gasteiger charge is -2.22. The van der Waals surface area contributed by atoms with E-state index in [1.165, 1.54) is 6.92 Å². The SMILES string of the molecule is CC(=O)NC1C(=O)N(Cc2ccccc2OC(C)C)c2c(C)ccc(C)c21. The van der Waals surface area contributed by atoms with Crippen molar-refractivity contribution in [3.8, 4) is 5.75 Å². The molecule has 3 rings (SSSR count). The van der Waals surface area contributed by atoms with Crippen molar-refractivity contribution < 1.29 is 14.3 Å². The fourth-order valence-electron chi connectivity index (χ4n) is 3.60. The van der Waals surface area contributed by atoms with E-state index in [2.05, 4.69) is 5.32 Å². The molecule has 0 fully saturated rings. The van der Waals surface area contributed by atoms with Crippen LogP contribution in [0.25, 0.3) is 0 Å². The molecular formula is C22H26N2O3. The zero-order valence-corrected chi connectivity index (χ0v) is 16.5. The molecule has 2 aromatic rings. The van der Waals surface area contributed by atoms with Gasteiger partial charge in [0, 0.05) is 18.1 Å². The molecule has 0 saturated heterocycles. The number of carbonyl (C=O) groups is 2. The van der Waals surface area contributed by atoms with E-state index in [1.54, 1.807) is 4.90 Å². The summed E-state index contributed by atoms with van der Waals surface area (Å²) >= 11 is 0. The van der Waals surface area contributed by atoms with Crippen LogP contribution in [-0.2, 0) is 16.1 Å². The normalized spacial score (nSPS) is 15.9. The summed E-state index contributed by atoms with van der Waals surface area (Å²) in [4.78, 5) is 26.7. The maximum absolute atomic E-state index is 13.2. The quantitative estimate of drug-likeness (QED) is 0.875. The summed E-state index contributed by atoms with van der Waals surface area (Å²) in [6.07, 6.45) is 0.0452. The number of nitrogens with one attached hydrogen (secondary N) is 1. The molecule has 1 aliphatic heterocycles.